The highest BCUT2D eigenvalue weighted by Gasteiger charge is 2.70. The van der Waals surface area contributed by atoms with Crippen molar-refractivity contribution in [3.63, 3.8) is 0 Å². The Balaban J connectivity index is 0.000000129. The lowest BCUT2D eigenvalue weighted by Gasteiger charge is -2.64. The van der Waals surface area contributed by atoms with Crippen LogP contribution in [-0.4, -0.2) is 84.5 Å². The van der Waals surface area contributed by atoms with Crippen molar-refractivity contribution >= 4 is 23.3 Å². The third kappa shape index (κ3) is 14.1. The van der Waals surface area contributed by atoms with E-state index in [2.05, 4.69) is 115 Å². The number of nitrogens with zero attached hydrogens (tertiary/aromatic N) is 3. The minimum absolute atomic E-state index is 0.138. The molecule has 16 aliphatic rings. The molecule has 13 heteroatoms. The molecule has 0 saturated heterocycles. The first-order valence-electron chi connectivity index (χ1n) is 46.3. The van der Waals surface area contributed by atoms with Gasteiger partial charge in [0.1, 0.15) is 17.3 Å². The maximum atomic E-state index is 13.8. The lowest BCUT2D eigenvalue weighted by molar-refractivity contribution is -0.203. The van der Waals surface area contributed by atoms with E-state index in [-0.39, 0.29) is 104 Å². The molecule has 39 atom stereocenters. The summed E-state index contributed by atoms with van der Waals surface area (Å²) < 4.78 is 0. The summed E-state index contributed by atoms with van der Waals surface area (Å²) in [5.74, 6) is 12.3. The number of hydrogen-bond acceptors (Lipinski definition) is 12. The van der Waals surface area contributed by atoms with Gasteiger partial charge in [-0.2, -0.15) is 15.8 Å². The predicted octanol–water partition coefficient (Wildman–Crippen LogP) is 20.0. The molecule has 12 unspecified atom stereocenters. The number of carboxylic acid groups (broad SMARTS) is 1. The topological polar surface area (TPSA) is 261 Å². The van der Waals surface area contributed by atoms with Gasteiger partial charge in [0, 0.05) is 62.2 Å². The number of aliphatic carboxylic acids is 1. The molecule has 0 amide bonds. The Morgan fingerprint density at radius 3 is 1.11 bits per heavy atom. The number of ketones is 3. The number of rotatable bonds is 12. The maximum absolute atomic E-state index is 13.8. The monoisotopic (exact) mass is 1520 g/mol. The highest BCUT2D eigenvalue weighted by molar-refractivity contribution is 5.86. The molecule has 16 aliphatic carbocycles. The molecule has 616 valence electrons. The van der Waals surface area contributed by atoms with Gasteiger partial charge in [-0.05, 0) is 366 Å². The summed E-state index contributed by atoms with van der Waals surface area (Å²) >= 11 is 0. The highest BCUT2D eigenvalue weighted by atomic mass is 16.4. The van der Waals surface area contributed by atoms with Gasteiger partial charge in [0.05, 0.1) is 48.7 Å². The van der Waals surface area contributed by atoms with E-state index in [0.29, 0.717) is 180 Å². The standard InChI is InChI=1S/C25H41NO2.C25H39NO2.C24H38O4.C23H35NO2/c2*1-5-17-21-14-16(27)8-11-25(21,4)20-9-12-24(3)18(15(2)10-13-26)6-7-19(24)22(20)23(17)28;1-14(4-7-21(27)28)17-5-6-18-22-19(9-11-24(17,18)3)23(2)10-8-16(25)12-15(23)13-20(22)26;1-14(8-11-24)17-4-5-18-21-19(7-10-23(17,18)3)22(2)9-6-16(25)12-15(22)13-20(21)26/h15-23,27-28H,5-12,14H2,1-4H3;15-22,27H,5-12,14H2,1-4H3;14-19,22,25H,4-13H2,1-3H3,(H,27,28);14-19,21,25H,4-10,12-13H2,1-3H3/t15-,16-,17-,18-,19?,20?,21+,22?,23-,24-,25-;15-,16-,17-,18-,19?,20?,21+,22?,24-,25-;14-,15+,16-,17-,18?,19?,22?,23+,24-;14-,15+,16-,17-,18?,19?,21?,22+,23-/m1111/s1. The van der Waals surface area contributed by atoms with Crippen molar-refractivity contribution < 1.29 is 49.8 Å². The normalized spacial score (nSPS) is 51.6. The molecule has 6 N–H and O–H groups in total. The Kier molecular flexibility index (Phi) is 24.8. The maximum Gasteiger partial charge on any atom is 0.303 e. The van der Waals surface area contributed by atoms with Crippen LogP contribution in [0.3, 0.4) is 0 Å². The van der Waals surface area contributed by atoms with Crippen molar-refractivity contribution in [3.05, 3.63) is 0 Å². The molecule has 16 rings (SSSR count). The Bertz CT molecular complexity index is 3450. The van der Waals surface area contributed by atoms with E-state index in [1.165, 1.54) is 83.5 Å². The van der Waals surface area contributed by atoms with Gasteiger partial charge in [-0.1, -0.05) is 103 Å². The molecule has 0 radical (unpaired) electrons. The minimum atomic E-state index is -0.698. The molecule has 0 bridgehead atoms. The summed E-state index contributed by atoms with van der Waals surface area (Å²) in [6, 6.07) is 7.19. The van der Waals surface area contributed by atoms with Gasteiger partial charge < -0.3 is 30.6 Å². The number of hydrogen-bond donors (Lipinski definition) is 6. The molecule has 13 nitrogen and oxygen atoms in total. The van der Waals surface area contributed by atoms with Gasteiger partial charge in [0.2, 0.25) is 0 Å². The SMILES string of the molecule is CC[C@H]1C(=O)C2C3CC[C@H]([C@H](C)CC#N)[C@@]3(C)CCC2[C@@]2(C)CC[C@@H](O)C[C@@H]12.CC[C@H]1[C@@H](O)C2C3CC[C@H]([C@H](C)CC#N)[C@@]3(C)CCC2[C@@]2(C)CC[C@@H](O)C[C@@H]12.C[C@H](CC#N)[C@H]1CCC2C3C(=O)C[C@@H]4C[C@H](O)CC[C@]4(C)C3CC[C@@]21C.C[C@H](CCC(=O)O)[C@H]1CCC2C3C(=O)C[C@@H]4C[C@H](O)CC[C@]4(C)C3CC[C@@]21C. The van der Waals surface area contributed by atoms with E-state index in [1.807, 2.05) is 0 Å². The van der Waals surface area contributed by atoms with Crippen LogP contribution in [0.5, 0.6) is 0 Å². The van der Waals surface area contributed by atoms with Crippen molar-refractivity contribution in [3.8, 4) is 18.2 Å². The zero-order valence-electron chi connectivity index (χ0n) is 71.2. The minimum Gasteiger partial charge on any atom is -0.481 e. The van der Waals surface area contributed by atoms with Gasteiger partial charge in [-0.25, -0.2) is 0 Å². The molecule has 0 heterocycles. The van der Waals surface area contributed by atoms with E-state index >= 15 is 0 Å². The summed E-state index contributed by atoms with van der Waals surface area (Å²) in [6.07, 6.45) is 35.6. The summed E-state index contributed by atoms with van der Waals surface area (Å²) in [5, 5.41) is 89.5. The average molecular weight is 1520 g/mol. The average Bonchev–Trinajstić information content (AvgIpc) is 1.35. The van der Waals surface area contributed by atoms with Crippen LogP contribution in [0, 0.1) is 231 Å². The van der Waals surface area contributed by atoms with Crippen LogP contribution < -0.4 is 0 Å². The number of carbonyl (C=O) groups excluding carboxylic acids is 3. The third-order valence-corrected chi connectivity index (χ3v) is 40.5. The van der Waals surface area contributed by atoms with Gasteiger partial charge in [0.25, 0.3) is 0 Å². The molecule has 0 spiro atoms. The lowest BCUT2D eigenvalue weighted by atomic mass is 9.41. The second kappa shape index (κ2) is 32.2. The van der Waals surface area contributed by atoms with Crippen molar-refractivity contribution in [1.29, 1.82) is 15.8 Å². The molecule has 16 saturated carbocycles. The van der Waals surface area contributed by atoms with Crippen LogP contribution in [0.1, 0.15) is 335 Å². The molecule has 16 fully saturated rings. The molecule has 0 aromatic rings. The lowest BCUT2D eigenvalue weighted by Crippen LogP contribution is -2.62. The van der Waals surface area contributed by atoms with Crippen molar-refractivity contribution in [2.24, 2.45) is 197 Å². The first-order valence-corrected chi connectivity index (χ1v) is 46.3. The summed E-state index contributed by atoms with van der Waals surface area (Å²) in [7, 11) is 0. The number of aliphatic hydroxyl groups is 5. The zero-order chi connectivity index (χ0) is 79.5. The molecule has 0 aromatic heterocycles. The van der Waals surface area contributed by atoms with Crippen molar-refractivity contribution in [2.75, 3.05) is 0 Å². The Labute approximate surface area is 665 Å². The number of carboxylic acids is 1. The van der Waals surface area contributed by atoms with E-state index < -0.39 is 5.97 Å². The summed E-state index contributed by atoms with van der Waals surface area (Å²) in [4.78, 5) is 51.5. The first kappa shape index (κ1) is 84.7. The fraction of sp³-hybridized carbons (Fsp3) is 0.928. The highest BCUT2D eigenvalue weighted by Crippen LogP contribution is 2.74. The quantitative estimate of drug-likeness (QED) is 0.106. The van der Waals surface area contributed by atoms with E-state index in [4.69, 9.17) is 10.4 Å². The summed E-state index contributed by atoms with van der Waals surface area (Å²) in [5.41, 5.74) is 1.90. The van der Waals surface area contributed by atoms with Crippen molar-refractivity contribution in [2.45, 2.75) is 365 Å². The van der Waals surface area contributed by atoms with Crippen LogP contribution in [0.4, 0.5) is 0 Å². The second-order valence-corrected chi connectivity index (χ2v) is 44.5. The molecule has 110 heavy (non-hydrogen) atoms. The van der Waals surface area contributed by atoms with Crippen LogP contribution in [0.2, 0.25) is 0 Å². The van der Waals surface area contributed by atoms with Crippen LogP contribution in [-0.2, 0) is 19.2 Å². The third-order valence-electron chi connectivity index (χ3n) is 40.5. The number of carbonyl (C=O) groups is 4. The smallest absolute Gasteiger partial charge is 0.303 e. The van der Waals surface area contributed by atoms with Crippen LogP contribution in [0.15, 0.2) is 0 Å². The molecular weight excluding hydrogens is 1370 g/mol. The Hall–Kier alpha value is -3.25. The second-order valence-electron chi connectivity index (χ2n) is 44.5. The van der Waals surface area contributed by atoms with Gasteiger partial charge in [-0.3, -0.25) is 19.2 Å². The molecule has 0 aliphatic heterocycles. The fourth-order valence-corrected chi connectivity index (χ4v) is 34.7. The zero-order valence-corrected chi connectivity index (χ0v) is 71.2. The fourth-order valence-electron chi connectivity index (χ4n) is 34.7. The van der Waals surface area contributed by atoms with Crippen LogP contribution in [0.25, 0.3) is 0 Å². The molecular formula is C97H153N3O10. The number of aliphatic hydroxyl groups excluding tert-OH is 5. The van der Waals surface area contributed by atoms with Gasteiger partial charge in [-0.15, -0.1) is 0 Å². The van der Waals surface area contributed by atoms with E-state index in [1.54, 1.807) is 0 Å². The van der Waals surface area contributed by atoms with Gasteiger partial charge >= 0.3 is 5.97 Å². The van der Waals surface area contributed by atoms with Crippen molar-refractivity contribution in [1.82, 2.24) is 0 Å². The Morgan fingerprint density at radius 1 is 0.391 bits per heavy atom. The number of Topliss-reactive ketones (excluding diaryl/α,β-unsaturated/α-hetero) is 3. The first-order chi connectivity index (χ1) is 52.0. The molecule has 0 aromatic carbocycles. The number of nitriles is 3. The van der Waals surface area contributed by atoms with E-state index in [9.17, 15) is 55.2 Å². The van der Waals surface area contributed by atoms with Crippen LogP contribution >= 0.6 is 0 Å². The predicted molar refractivity (Wildman–Crippen MR) is 430 cm³/mol. The Morgan fingerprint density at radius 2 is 0.709 bits per heavy atom. The number of fused-ring (bicyclic) bond motifs is 20. The van der Waals surface area contributed by atoms with Gasteiger partial charge in [0.15, 0.2) is 0 Å². The summed E-state index contributed by atoms with van der Waals surface area (Å²) in [6.45, 7) is 33.0. The van der Waals surface area contributed by atoms with E-state index in [0.717, 1.165) is 116 Å². The largest absolute Gasteiger partial charge is 0.481 e.